The monoisotopic (exact) mass is 476 g/mol. The van der Waals surface area contributed by atoms with Gasteiger partial charge in [0, 0.05) is 12.8 Å². The van der Waals surface area contributed by atoms with Gasteiger partial charge in [0.25, 0.3) is 0 Å². The highest BCUT2D eigenvalue weighted by molar-refractivity contribution is 5.70. The van der Waals surface area contributed by atoms with Crippen LogP contribution in [0.5, 0.6) is 5.75 Å². The minimum atomic E-state index is -1.02. The van der Waals surface area contributed by atoms with Crippen LogP contribution in [0.1, 0.15) is 142 Å². The second kappa shape index (κ2) is 14.8. The van der Waals surface area contributed by atoms with Crippen LogP contribution in [0.25, 0.3) is 0 Å². The first-order valence-electron chi connectivity index (χ1n) is 13.6. The zero-order chi connectivity index (χ0) is 25.8. The maximum absolute atomic E-state index is 12.3. The summed E-state index contributed by atoms with van der Waals surface area (Å²) in [6, 6.07) is 4.00. The van der Waals surface area contributed by atoms with Crippen molar-refractivity contribution >= 4 is 5.97 Å². The Kier molecular flexibility index (Phi) is 13.2. The Morgan fingerprint density at radius 3 is 1.71 bits per heavy atom. The Hall–Kier alpha value is -1.55. The Morgan fingerprint density at radius 2 is 1.26 bits per heavy atom. The number of aliphatic hydroxyl groups is 1. The van der Waals surface area contributed by atoms with Crippen molar-refractivity contribution < 1.29 is 19.7 Å². The lowest BCUT2D eigenvalue weighted by Crippen LogP contribution is -2.19. The molecule has 2 N–H and O–H groups in total. The molecular formula is C30H52O4. The number of aliphatic hydroxyl groups excluding tert-OH is 1. The molecule has 1 unspecified atom stereocenters. The van der Waals surface area contributed by atoms with Crippen LogP contribution in [0.4, 0.5) is 0 Å². The fourth-order valence-electron chi connectivity index (χ4n) is 4.30. The van der Waals surface area contributed by atoms with Crippen LogP contribution >= 0.6 is 0 Å². The minimum absolute atomic E-state index is 0.203. The van der Waals surface area contributed by atoms with Crippen LogP contribution in [0.15, 0.2) is 12.1 Å². The molecule has 1 rings (SSSR count). The molecule has 0 bridgehead atoms. The van der Waals surface area contributed by atoms with Crippen molar-refractivity contribution in [3.63, 3.8) is 0 Å². The third kappa shape index (κ3) is 11.7. The molecule has 0 aliphatic rings. The van der Waals surface area contributed by atoms with Gasteiger partial charge in [-0.3, -0.25) is 4.79 Å². The number of aryl methyl sites for hydroxylation is 1. The van der Waals surface area contributed by atoms with Gasteiger partial charge in [-0.25, -0.2) is 0 Å². The van der Waals surface area contributed by atoms with Crippen molar-refractivity contribution in [2.45, 2.75) is 149 Å². The van der Waals surface area contributed by atoms with Gasteiger partial charge in [0.1, 0.15) is 5.75 Å². The zero-order valence-electron chi connectivity index (χ0n) is 23.1. The van der Waals surface area contributed by atoms with Gasteiger partial charge >= 0.3 is 5.97 Å². The number of carbonyl (C=O) groups excluding carboxylic acids is 1. The molecule has 34 heavy (non-hydrogen) atoms. The summed E-state index contributed by atoms with van der Waals surface area (Å²) in [6.45, 7) is 14.7. The van der Waals surface area contributed by atoms with Crippen molar-refractivity contribution in [3.05, 3.63) is 28.8 Å². The van der Waals surface area contributed by atoms with Gasteiger partial charge in [-0.05, 0) is 40.4 Å². The van der Waals surface area contributed by atoms with E-state index in [4.69, 9.17) is 4.74 Å². The largest absolute Gasteiger partial charge is 0.507 e. The van der Waals surface area contributed by atoms with Gasteiger partial charge in [0.2, 0.25) is 6.29 Å². The van der Waals surface area contributed by atoms with Crippen LogP contribution in [0.3, 0.4) is 0 Å². The third-order valence-corrected chi connectivity index (χ3v) is 6.48. The number of phenols is 1. The summed E-state index contributed by atoms with van der Waals surface area (Å²) >= 11 is 0. The van der Waals surface area contributed by atoms with Crippen LogP contribution in [-0.2, 0) is 26.8 Å². The number of esters is 1. The lowest BCUT2D eigenvalue weighted by Gasteiger charge is -2.28. The van der Waals surface area contributed by atoms with Gasteiger partial charge in [-0.2, -0.15) is 0 Å². The molecule has 1 atom stereocenters. The predicted octanol–water partition coefficient (Wildman–Crippen LogP) is 8.09. The number of aromatic hydroxyl groups is 1. The molecule has 0 amide bonds. The number of carbonyl (C=O) groups is 1. The molecule has 1 aromatic carbocycles. The number of benzene rings is 1. The van der Waals surface area contributed by atoms with E-state index in [1.165, 1.54) is 51.4 Å². The molecule has 0 radical (unpaired) electrons. The minimum Gasteiger partial charge on any atom is -0.507 e. The van der Waals surface area contributed by atoms with Crippen LogP contribution < -0.4 is 0 Å². The SMILES string of the molecule is CCCCCCCCCCCCC(O)OC(=O)CCc1cc(C(C)(C)C)c(O)c(C(C)(C)C)c1. The Labute approximate surface area is 209 Å². The van der Waals surface area contributed by atoms with Crippen molar-refractivity contribution in [2.75, 3.05) is 0 Å². The molecule has 0 aliphatic carbocycles. The second-order valence-electron chi connectivity index (χ2n) is 12.0. The highest BCUT2D eigenvalue weighted by atomic mass is 16.6. The van der Waals surface area contributed by atoms with Gasteiger partial charge in [0.05, 0.1) is 0 Å². The maximum atomic E-state index is 12.3. The van der Waals surface area contributed by atoms with E-state index >= 15 is 0 Å². The summed E-state index contributed by atoms with van der Waals surface area (Å²) in [5.74, 6) is -0.0273. The molecule has 0 heterocycles. The molecular weight excluding hydrogens is 424 g/mol. The average Bonchev–Trinajstić information content (AvgIpc) is 2.72. The van der Waals surface area contributed by atoms with Gasteiger partial charge < -0.3 is 14.9 Å². The molecule has 4 heteroatoms. The van der Waals surface area contributed by atoms with E-state index in [-0.39, 0.29) is 23.2 Å². The molecule has 0 fully saturated rings. The number of rotatable bonds is 15. The Balaban J connectivity index is 2.42. The van der Waals surface area contributed by atoms with Gasteiger partial charge in [-0.1, -0.05) is 118 Å². The highest BCUT2D eigenvalue weighted by Crippen LogP contribution is 2.40. The van der Waals surface area contributed by atoms with E-state index < -0.39 is 6.29 Å². The number of unbranched alkanes of at least 4 members (excludes halogenated alkanes) is 9. The van der Waals surface area contributed by atoms with Crippen molar-refractivity contribution in [3.8, 4) is 5.75 Å². The van der Waals surface area contributed by atoms with E-state index in [1.807, 2.05) is 12.1 Å². The summed E-state index contributed by atoms with van der Waals surface area (Å²) in [7, 11) is 0. The Bertz CT molecular complexity index is 689. The fraction of sp³-hybridized carbons (Fsp3) is 0.767. The van der Waals surface area contributed by atoms with E-state index in [0.717, 1.165) is 29.5 Å². The first-order chi connectivity index (χ1) is 15.9. The summed E-state index contributed by atoms with van der Waals surface area (Å²) < 4.78 is 5.24. The summed E-state index contributed by atoms with van der Waals surface area (Å²) in [5, 5.41) is 21.0. The van der Waals surface area contributed by atoms with Crippen molar-refractivity contribution in [2.24, 2.45) is 0 Å². The molecule has 4 nitrogen and oxygen atoms in total. The topological polar surface area (TPSA) is 66.8 Å². The molecule has 0 aliphatic heterocycles. The van der Waals surface area contributed by atoms with Crippen LogP contribution in [0.2, 0.25) is 0 Å². The van der Waals surface area contributed by atoms with Crippen LogP contribution in [0, 0.1) is 0 Å². The first kappa shape index (κ1) is 30.5. The summed E-state index contributed by atoms with van der Waals surface area (Å²) in [6.07, 6.45) is 12.6. The third-order valence-electron chi connectivity index (χ3n) is 6.48. The fourth-order valence-corrected chi connectivity index (χ4v) is 4.30. The summed E-state index contributed by atoms with van der Waals surface area (Å²) in [5.41, 5.74) is 2.39. The average molecular weight is 477 g/mol. The molecule has 0 saturated carbocycles. The van der Waals surface area contributed by atoms with E-state index in [2.05, 4.69) is 48.5 Å². The van der Waals surface area contributed by atoms with Gasteiger partial charge in [-0.15, -0.1) is 0 Å². The first-order valence-corrected chi connectivity index (χ1v) is 13.6. The van der Waals surface area contributed by atoms with Crippen LogP contribution in [-0.4, -0.2) is 22.5 Å². The normalized spacial score (nSPS) is 13.2. The van der Waals surface area contributed by atoms with E-state index in [9.17, 15) is 15.0 Å². The molecule has 0 saturated heterocycles. The number of hydrogen-bond donors (Lipinski definition) is 2. The van der Waals surface area contributed by atoms with E-state index in [0.29, 0.717) is 18.6 Å². The highest BCUT2D eigenvalue weighted by Gasteiger charge is 2.26. The summed E-state index contributed by atoms with van der Waals surface area (Å²) in [4.78, 5) is 12.3. The van der Waals surface area contributed by atoms with Crippen molar-refractivity contribution in [1.29, 1.82) is 0 Å². The number of phenolic OH excluding ortho intramolecular Hbond substituents is 1. The van der Waals surface area contributed by atoms with Crippen molar-refractivity contribution in [1.82, 2.24) is 0 Å². The quantitative estimate of drug-likeness (QED) is 0.152. The maximum Gasteiger partial charge on any atom is 0.308 e. The zero-order valence-corrected chi connectivity index (χ0v) is 23.1. The molecule has 0 aromatic heterocycles. The van der Waals surface area contributed by atoms with Gasteiger partial charge in [0.15, 0.2) is 0 Å². The lowest BCUT2D eigenvalue weighted by atomic mass is 9.78. The molecule has 196 valence electrons. The predicted molar refractivity (Wildman–Crippen MR) is 142 cm³/mol. The smallest absolute Gasteiger partial charge is 0.308 e. The lowest BCUT2D eigenvalue weighted by molar-refractivity contribution is -0.168. The Morgan fingerprint density at radius 1 is 0.824 bits per heavy atom. The van der Waals surface area contributed by atoms with E-state index in [1.54, 1.807) is 0 Å². The molecule has 1 aromatic rings. The molecule has 0 spiro atoms. The second-order valence-corrected chi connectivity index (χ2v) is 12.0. The standard InChI is InChI=1S/C30H52O4/c1-8-9-10-11-12-13-14-15-16-17-18-26(31)34-27(32)20-19-23-21-24(29(2,3)4)28(33)25(22-23)30(5,6)7/h21-22,26,31,33H,8-20H2,1-7H3. The number of ether oxygens (including phenoxy) is 1. The number of hydrogen-bond acceptors (Lipinski definition) is 4.